The molecule has 0 saturated carbocycles. The fourth-order valence-electron chi connectivity index (χ4n) is 6.71. The largest absolute Gasteiger partial charge is 0.445 e. The minimum absolute atomic E-state index is 0.0657. The Bertz CT molecular complexity index is 1040. The summed E-state index contributed by atoms with van der Waals surface area (Å²) in [5.41, 5.74) is 0.965. The molecule has 0 aromatic heterocycles. The third-order valence-corrected chi connectivity index (χ3v) is 9.86. The number of ether oxygens (including phenoxy) is 3. The predicted molar refractivity (Wildman–Crippen MR) is 221 cm³/mol. The number of amides is 1. The molecule has 0 radical (unpaired) electrons. The Morgan fingerprint density at radius 3 is 1.50 bits per heavy atom. The van der Waals surface area contributed by atoms with E-state index in [9.17, 15) is 4.79 Å². The van der Waals surface area contributed by atoms with Gasteiger partial charge in [-0.15, -0.1) is 0 Å². The van der Waals surface area contributed by atoms with Crippen LogP contribution in [0.1, 0.15) is 180 Å². The molecule has 0 aliphatic carbocycles. The first kappa shape index (κ1) is 45.5. The van der Waals surface area contributed by atoms with Crippen molar-refractivity contribution in [3.63, 3.8) is 0 Å². The molecule has 2 unspecified atom stereocenters. The van der Waals surface area contributed by atoms with Crippen LogP contribution in [-0.2, 0) is 20.8 Å². The Hall–Kier alpha value is -2.63. The zero-order valence-corrected chi connectivity index (χ0v) is 33.7. The van der Waals surface area contributed by atoms with Crippen molar-refractivity contribution in [2.45, 2.75) is 199 Å². The SMILES string of the molecule is CCCCC/C=C\C/C=C\CCCCCCCC1OC(C)(CNC(=O)OCc2ccccc2)OC1CCCCCCC/C=C\C/C=C\CCCCC. The molecule has 52 heavy (non-hydrogen) atoms. The molecule has 5 nitrogen and oxygen atoms in total. The van der Waals surface area contributed by atoms with Gasteiger partial charge in [-0.25, -0.2) is 4.79 Å². The maximum Gasteiger partial charge on any atom is 0.407 e. The van der Waals surface area contributed by atoms with Crippen LogP contribution < -0.4 is 5.32 Å². The van der Waals surface area contributed by atoms with Gasteiger partial charge in [-0.1, -0.05) is 170 Å². The van der Waals surface area contributed by atoms with Crippen LogP contribution in [-0.4, -0.2) is 30.6 Å². The van der Waals surface area contributed by atoms with Crippen molar-refractivity contribution in [2.24, 2.45) is 0 Å². The van der Waals surface area contributed by atoms with Gasteiger partial charge in [0.2, 0.25) is 0 Å². The highest BCUT2D eigenvalue weighted by molar-refractivity contribution is 5.67. The van der Waals surface area contributed by atoms with Crippen molar-refractivity contribution in [1.82, 2.24) is 5.32 Å². The summed E-state index contributed by atoms with van der Waals surface area (Å²) in [7, 11) is 0. The highest BCUT2D eigenvalue weighted by Crippen LogP contribution is 2.34. The Morgan fingerprint density at radius 2 is 1.04 bits per heavy atom. The summed E-state index contributed by atoms with van der Waals surface area (Å²) in [6, 6.07) is 9.75. The number of carbonyl (C=O) groups excluding carboxylic acids is 1. The monoisotopic (exact) mass is 720 g/mol. The quantitative estimate of drug-likeness (QED) is 0.0595. The molecule has 1 heterocycles. The van der Waals surface area contributed by atoms with Gasteiger partial charge < -0.3 is 19.5 Å². The van der Waals surface area contributed by atoms with Crippen LogP contribution >= 0.6 is 0 Å². The molecule has 1 aromatic carbocycles. The Labute approximate surface area is 320 Å². The molecular formula is C47H77NO4. The van der Waals surface area contributed by atoms with Crippen LogP contribution in [0.15, 0.2) is 78.9 Å². The van der Waals surface area contributed by atoms with Crippen molar-refractivity contribution in [2.75, 3.05) is 6.54 Å². The summed E-state index contributed by atoms with van der Waals surface area (Å²) in [5.74, 6) is -0.838. The second kappa shape index (κ2) is 31.9. The van der Waals surface area contributed by atoms with Crippen LogP contribution in [0.2, 0.25) is 0 Å². The predicted octanol–water partition coefficient (Wildman–Crippen LogP) is 14.0. The zero-order valence-electron chi connectivity index (χ0n) is 33.7. The lowest BCUT2D eigenvalue weighted by molar-refractivity contribution is -0.157. The van der Waals surface area contributed by atoms with E-state index in [1.165, 1.54) is 116 Å². The minimum Gasteiger partial charge on any atom is -0.445 e. The van der Waals surface area contributed by atoms with Gasteiger partial charge in [0.05, 0.1) is 18.8 Å². The van der Waals surface area contributed by atoms with Gasteiger partial charge in [-0.05, 0) is 89.5 Å². The first-order valence-electron chi connectivity index (χ1n) is 21.5. The van der Waals surface area contributed by atoms with Crippen LogP contribution in [0.3, 0.4) is 0 Å². The highest BCUT2D eigenvalue weighted by atomic mass is 16.8. The van der Waals surface area contributed by atoms with E-state index in [0.29, 0.717) is 0 Å². The van der Waals surface area contributed by atoms with E-state index in [-0.39, 0.29) is 25.4 Å². The first-order valence-corrected chi connectivity index (χ1v) is 21.5. The number of alkyl carbamates (subject to hydrolysis) is 1. The maximum atomic E-state index is 12.5. The summed E-state index contributed by atoms with van der Waals surface area (Å²) in [6.07, 6.45) is 47.5. The third-order valence-electron chi connectivity index (χ3n) is 9.86. The zero-order chi connectivity index (χ0) is 37.2. The lowest BCUT2D eigenvalue weighted by Gasteiger charge is -2.23. The average molecular weight is 720 g/mol. The maximum absolute atomic E-state index is 12.5. The van der Waals surface area contributed by atoms with Gasteiger partial charge >= 0.3 is 6.09 Å². The number of benzene rings is 1. The number of allylic oxidation sites excluding steroid dienone is 8. The van der Waals surface area contributed by atoms with E-state index < -0.39 is 11.9 Å². The van der Waals surface area contributed by atoms with Gasteiger partial charge in [0.1, 0.15) is 6.61 Å². The molecular weight excluding hydrogens is 643 g/mol. The van der Waals surface area contributed by atoms with Gasteiger partial charge in [-0.2, -0.15) is 0 Å². The molecule has 0 bridgehead atoms. The summed E-state index contributed by atoms with van der Waals surface area (Å²) in [6.45, 7) is 7.00. The number of nitrogens with one attached hydrogen (secondary N) is 1. The van der Waals surface area contributed by atoms with Gasteiger partial charge in [0.25, 0.3) is 0 Å². The second-order valence-corrected chi connectivity index (χ2v) is 14.9. The van der Waals surface area contributed by atoms with Crippen LogP contribution in [0.4, 0.5) is 4.79 Å². The molecule has 1 N–H and O–H groups in total. The summed E-state index contributed by atoms with van der Waals surface area (Å²) in [4.78, 5) is 12.5. The van der Waals surface area contributed by atoms with E-state index in [1.807, 2.05) is 37.3 Å². The van der Waals surface area contributed by atoms with E-state index in [2.05, 4.69) is 67.8 Å². The van der Waals surface area contributed by atoms with Crippen LogP contribution in [0.5, 0.6) is 0 Å². The molecule has 1 amide bonds. The lowest BCUT2D eigenvalue weighted by Crippen LogP contribution is -2.42. The molecule has 0 spiro atoms. The number of rotatable bonds is 32. The van der Waals surface area contributed by atoms with E-state index in [0.717, 1.165) is 44.1 Å². The normalized spacial score (nSPS) is 19.2. The Kier molecular flexibility index (Phi) is 27.9. The van der Waals surface area contributed by atoms with Crippen molar-refractivity contribution >= 4 is 6.09 Å². The van der Waals surface area contributed by atoms with Crippen molar-refractivity contribution in [3.8, 4) is 0 Å². The van der Waals surface area contributed by atoms with Crippen molar-refractivity contribution in [1.29, 1.82) is 0 Å². The number of hydrogen-bond donors (Lipinski definition) is 1. The van der Waals surface area contributed by atoms with E-state index in [1.54, 1.807) is 0 Å². The first-order chi connectivity index (χ1) is 25.6. The Morgan fingerprint density at radius 1 is 0.615 bits per heavy atom. The number of carbonyl (C=O) groups is 1. The molecule has 1 fully saturated rings. The van der Waals surface area contributed by atoms with Crippen LogP contribution in [0.25, 0.3) is 0 Å². The molecule has 1 aromatic rings. The molecule has 1 saturated heterocycles. The van der Waals surface area contributed by atoms with Crippen molar-refractivity contribution < 1.29 is 19.0 Å². The second-order valence-electron chi connectivity index (χ2n) is 14.9. The molecule has 2 atom stereocenters. The van der Waals surface area contributed by atoms with E-state index in [4.69, 9.17) is 14.2 Å². The summed E-state index contributed by atoms with van der Waals surface area (Å²) >= 11 is 0. The number of unbranched alkanes of at least 4 members (excludes halogenated alkanes) is 16. The average Bonchev–Trinajstić information content (AvgIpc) is 3.48. The standard InChI is InChI=1S/C47H77NO4/c1-4-6-8-10-12-14-16-18-20-22-24-26-28-30-35-39-44-45(40-36-31-29-27-25-23-21-19-17-15-13-11-9-7-5-2)52-47(3,51-44)42-48-46(49)50-41-43-37-33-32-34-38-43/h12-15,18-21,32-34,37-38,44-45H,4-11,16-17,22-31,35-36,39-42H2,1-3H3,(H,48,49)/b14-12-,15-13-,20-18-,21-19-. The van der Waals surface area contributed by atoms with Gasteiger partial charge in [0, 0.05) is 0 Å². The molecule has 5 heteroatoms. The summed E-state index contributed by atoms with van der Waals surface area (Å²) < 4.78 is 18.5. The Balaban J connectivity index is 1.66. The van der Waals surface area contributed by atoms with Gasteiger partial charge in [-0.3, -0.25) is 0 Å². The fraction of sp³-hybridized carbons (Fsp3) is 0.681. The molecule has 1 aliphatic rings. The van der Waals surface area contributed by atoms with Crippen molar-refractivity contribution in [3.05, 3.63) is 84.5 Å². The number of hydrogen-bond acceptors (Lipinski definition) is 4. The van der Waals surface area contributed by atoms with Crippen LogP contribution in [0, 0.1) is 0 Å². The molecule has 2 rings (SSSR count). The van der Waals surface area contributed by atoms with E-state index >= 15 is 0 Å². The third kappa shape index (κ3) is 24.6. The van der Waals surface area contributed by atoms with Gasteiger partial charge in [0.15, 0.2) is 5.79 Å². The smallest absolute Gasteiger partial charge is 0.407 e. The fourth-order valence-corrected chi connectivity index (χ4v) is 6.71. The molecule has 294 valence electrons. The lowest BCUT2D eigenvalue weighted by atomic mass is 9.99. The topological polar surface area (TPSA) is 56.8 Å². The minimum atomic E-state index is -0.838. The highest BCUT2D eigenvalue weighted by Gasteiger charge is 2.43. The molecule has 1 aliphatic heterocycles. The summed E-state index contributed by atoms with van der Waals surface area (Å²) in [5, 5.41) is 2.89.